The molecule has 3 aliphatic rings. The Hall–Kier alpha value is -1.06. The van der Waals surface area contributed by atoms with E-state index in [0.717, 1.165) is 42.6 Å². The molecule has 0 heterocycles. The molecule has 0 spiro atoms. The van der Waals surface area contributed by atoms with E-state index in [0.29, 0.717) is 17.4 Å². The SMILES string of the molecule is Cc1ccc(F)cc1F.FCCC1CCC(C2CCC(C3CCC(CCF)CC3)CC2)CC1. The van der Waals surface area contributed by atoms with E-state index in [2.05, 4.69) is 0 Å². The minimum Gasteiger partial charge on any atom is -0.251 e. The van der Waals surface area contributed by atoms with E-state index in [1.807, 2.05) is 0 Å². The van der Waals surface area contributed by atoms with Crippen LogP contribution in [0.1, 0.15) is 95.5 Å². The molecule has 0 saturated heterocycles. The van der Waals surface area contributed by atoms with Crippen molar-refractivity contribution < 1.29 is 17.6 Å². The van der Waals surface area contributed by atoms with Crippen LogP contribution in [0.15, 0.2) is 18.2 Å². The zero-order chi connectivity index (χ0) is 23.6. The Morgan fingerprint density at radius 1 is 0.606 bits per heavy atom. The van der Waals surface area contributed by atoms with Crippen molar-refractivity contribution in [3.63, 3.8) is 0 Å². The maximum Gasteiger partial charge on any atom is 0.129 e. The molecule has 0 amide bonds. The van der Waals surface area contributed by atoms with E-state index >= 15 is 0 Å². The summed E-state index contributed by atoms with van der Waals surface area (Å²) in [5.41, 5.74) is 0.469. The molecular formula is C29H44F4. The van der Waals surface area contributed by atoms with Crippen molar-refractivity contribution in [1.29, 1.82) is 0 Å². The Labute approximate surface area is 198 Å². The molecule has 188 valence electrons. The normalized spacial score (nSPS) is 32.6. The maximum atomic E-state index is 12.5. The van der Waals surface area contributed by atoms with Crippen LogP contribution in [-0.2, 0) is 0 Å². The first-order valence-corrected chi connectivity index (χ1v) is 13.5. The lowest BCUT2D eigenvalue weighted by Crippen LogP contribution is -2.30. The zero-order valence-electron chi connectivity index (χ0n) is 20.5. The van der Waals surface area contributed by atoms with Crippen molar-refractivity contribution in [2.45, 2.75) is 96.8 Å². The molecule has 4 heteroatoms. The standard InChI is InChI=1S/C22H38F2.C7H6F2/c23-15-13-17-1-5-19(6-2-17)21-9-11-22(12-10-21)20-7-3-18(4-8-20)14-16-24;1-5-2-3-6(8)4-7(5)9/h17-22H,1-16H2;2-4H,1H3. The van der Waals surface area contributed by atoms with E-state index in [9.17, 15) is 17.6 Å². The van der Waals surface area contributed by atoms with Crippen molar-refractivity contribution in [3.8, 4) is 0 Å². The highest BCUT2D eigenvalue weighted by molar-refractivity contribution is 5.16. The van der Waals surface area contributed by atoms with Crippen LogP contribution in [-0.4, -0.2) is 13.3 Å². The quantitative estimate of drug-likeness (QED) is 0.365. The van der Waals surface area contributed by atoms with Gasteiger partial charge in [-0.2, -0.15) is 0 Å². The van der Waals surface area contributed by atoms with E-state index in [1.54, 1.807) is 6.92 Å². The summed E-state index contributed by atoms with van der Waals surface area (Å²) in [5.74, 6) is 4.17. The first-order valence-electron chi connectivity index (χ1n) is 13.5. The Bertz CT molecular complexity index is 632. The second-order valence-electron chi connectivity index (χ2n) is 11.1. The molecule has 33 heavy (non-hydrogen) atoms. The third kappa shape index (κ3) is 8.28. The maximum absolute atomic E-state index is 12.5. The van der Waals surface area contributed by atoms with E-state index in [4.69, 9.17) is 0 Å². The van der Waals surface area contributed by atoms with Crippen LogP contribution in [0, 0.1) is 54.1 Å². The number of hydrogen-bond donors (Lipinski definition) is 0. The molecule has 0 aliphatic heterocycles. The minimum absolute atomic E-state index is 0.117. The Balaban J connectivity index is 0.000000286. The molecule has 3 aliphatic carbocycles. The molecule has 1 aromatic rings. The van der Waals surface area contributed by atoms with Gasteiger partial charge >= 0.3 is 0 Å². The Morgan fingerprint density at radius 2 is 0.970 bits per heavy atom. The molecule has 3 saturated carbocycles. The van der Waals surface area contributed by atoms with Gasteiger partial charge < -0.3 is 0 Å². The highest BCUT2D eigenvalue weighted by atomic mass is 19.1. The summed E-state index contributed by atoms with van der Waals surface area (Å²) in [4.78, 5) is 0. The molecule has 0 radical (unpaired) electrons. The van der Waals surface area contributed by atoms with Crippen LogP contribution in [0.5, 0.6) is 0 Å². The monoisotopic (exact) mass is 468 g/mol. The summed E-state index contributed by atoms with van der Waals surface area (Å²) in [7, 11) is 0. The summed E-state index contributed by atoms with van der Waals surface area (Å²) in [6.07, 6.45) is 18.0. The second kappa shape index (κ2) is 13.7. The predicted octanol–water partition coefficient (Wildman–Crippen LogP) is 9.40. The predicted molar refractivity (Wildman–Crippen MR) is 129 cm³/mol. The smallest absolute Gasteiger partial charge is 0.129 e. The fraction of sp³-hybridized carbons (Fsp3) is 0.793. The number of benzene rings is 1. The van der Waals surface area contributed by atoms with Crippen LogP contribution in [0.2, 0.25) is 0 Å². The summed E-state index contributed by atoms with van der Waals surface area (Å²) < 4.78 is 49.4. The van der Waals surface area contributed by atoms with Gasteiger partial charge in [-0.05, 0) is 118 Å². The average Bonchev–Trinajstić information content (AvgIpc) is 2.84. The van der Waals surface area contributed by atoms with E-state index < -0.39 is 11.6 Å². The zero-order valence-corrected chi connectivity index (χ0v) is 20.5. The summed E-state index contributed by atoms with van der Waals surface area (Å²) >= 11 is 0. The molecule has 4 rings (SSSR count). The molecule has 0 unspecified atom stereocenters. The first-order chi connectivity index (χ1) is 16.0. The van der Waals surface area contributed by atoms with Gasteiger partial charge in [0.2, 0.25) is 0 Å². The molecular weight excluding hydrogens is 424 g/mol. The Kier molecular flexibility index (Phi) is 11.0. The molecule has 3 fully saturated rings. The van der Waals surface area contributed by atoms with Gasteiger partial charge in [0.25, 0.3) is 0 Å². The lowest BCUT2D eigenvalue weighted by atomic mass is 9.65. The van der Waals surface area contributed by atoms with E-state index in [1.165, 1.54) is 89.2 Å². The number of halogens is 4. The van der Waals surface area contributed by atoms with Crippen LogP contribution in [0.4, 0.5) is 17.6 Å². The summed E-state index contributed by atoms with van der Waals surface area (Å²) in [5, 5.41) is 0. The highest BCUT2D eigenvalue weighted by Gasteiger charge is 2.34. The summed E-state index contributed by atoms with van der Waals surface area (Å²) in [6.45, 7) is 1.36. The van der Waals surface area contributed by atoms with Gasteiger partial charge in [0.05, 0.1) is 13.3 Å². The van der Waals surface area contributed by atoms with Gasteiger partial charge in [-0.25, -0.2) is 8.78 Å². The van der Waals surface area contributed by atoms with Crippen molar-refractivity contribution >= 4 is 0 Å². The van der Waals surface area contributed by atoms with Gasteiger partial charge in [-0.3, -0.25) is 8.78 Å². The highest BCUT2D eigenvalue weighted by Crippen LogP contribution is 2.46. The van der Waals surface area contributed by atoms with Crippen molar-refractivity contribution in [3.05, 3.63) is 35.4 Å². The molecule has 0 N–H and O–H groups in total. The first kappa shape index (κ1) is 26.5. The summed E-state index contributed by atoms with van der Waals surface area (Å²) in [6, 6.07) is 3.51. The molecule has 0 aromatic heterocycles. The lowest BCUT2D eigenvalue weighted by molar-refractivity contribution is 0.101. The molecule has 0 bridgehead atoms. The van der Waals surface area contributed by atoms with Crippen LogP contribution in [0.25, 0.3) is 0 Å². The van der Waals surface area contributed by atoms with E-state index in [-0.39, 0.29) is 13.3 Å². The number of rotatable bonds is 6. The topological polar surface area (TPSA) is 0 Å². The van der Waals surface area contributed by atoms with Gasteiger partial charge in [-0.15, -0.1) is 0 Å². The van der Waals surface area contributed by atoms with Gasteiger partial charge in [-0.1, -0.05) is 31.7 Å². The third-order valence-corrected chi connectivity index (χ3v) is 9.10. The fourth-order valence-corrected chi connectivity index (χ4v) is 6.86. The van der Waals surface area contributed by atoms with Crippen LogP contribution < -0.4 is 0 Å². The van der Waals surface area contributed by atoms with Gasteiger partial charge in [0.1, 0.15) is 11.6 Å². The van der Waals surface area contributed by atoms with Crippen LogP contribution in [0.3, 0.4) is 0 Å². The van der Waals surface area contributed by atoms with Gasteiger partial charge in [0, 0.05) is 6.07 Å². The molecule has 0 atom stereocenters. The largest absolute Gasteiger partial charge is 0.251 e. The Morgan fingerprint density at radius 3 is 1.27 bits per heavy atom. The number of hydrogen-bond acceptors (Lipinski definition) is 0. The van der Waals surface area contributed by atoms with Crippen molar-refractivity contribution in [1.82, 2.24) is 0 Å². The second-order valence-corrected chi connectivity index (χ2v) is 11.1. The average molecular weight is 469 g/mol. The lowest BCUT2D eigenvalue weighted by Gasteiger charge is -2.41. The van der Waals surface area contributed by atoms with Crippen LogP contribution >= 0.6 is 0 Å². The van der Waals surface area contributed by atoms with Crippen molar-refractivity contribution in [2.24, 2.45) is 35.5 Å². The number of alkyl halides is 2. The number of aryl methyl sites for hydroxylation is 1. The minimum atomic E-state index is -0.530. The third-order valence-electron chi connectivity index (χ3n) is 9.10. The molecule has 0 nitrogen and oxygen atoms in total. The molecule has 1 aromatic carbocycles. The fourth-order valence-electron chi connectivity index (χ4n) is 6.86. The van der Waals surface area contributed by atoms with Gasteiger partial charge in [0.15, 0.2) is 0 Å². The van der Waals surface area contributed by atoms with Crippen molar-refractivity contribution in [2.75, 3.05) is 13.3 Å².